The molecule has 0 bridgehead atoms. The highest BCUT2D eigenvalue weighted by Gasteiger charge is 2.02. The molecule has 0 radical (unpaired) electrons. The Labute approximate surface area is 74.0 Å². The topological polar surface area (TPSA) is 98.0 Å². The number of aromatic hydroxyl groups is 1. The molecule has 2 rings (SSSR count). The highest BCUT2D eigenvalue weighted by Crippen LogP contribution is 2.22. The maximum absolute atomic E-state index is 9.17. The highest BCUT2D eigenvalue weighted by atomic mass is 16.3. The van der Waals surface area contributed by atoms with Crippen LogP contribution in [-0.2, 0) is 0 Å². The number of aromatic nitrogens is 2. The van der Waals surface area contributed by atoms with E-state index in [9.17, 15) is 0 Å². The number of phenols is 1. The van der Waals surface area contributed by atoms with Gasteiger partial charge in [0.25, 0.3) is 0 Å². The van der Waals surface area contributed by atoms with Crippen LogP contribution in [0.5, 0.6) is 5.75 Å². The highest BCUT2D eigenvalue weighted by molar-refractivity contribution is 5.89. The second-order valence-electron chi connectivity index (χ2n) is 2.67. The molecule has 5 N–H and O–H groups in total. The maximum atomic E-state index is 9.17. The third-order valence-corrected chi connectivity index (χ3v) is 1.73. The number of nitrogen functional groups attached to an aromatic ring is 2. The summed E-state index contributed by atoms with van der Waals surface area (Å²) in [4.78, 5) is 7.72. The first-order valence-electron chi connectivity index (χ1n) is 3.68. The fourth-order valence-electron chi connectivity index (χ4n) is 1.16. The average Bonchev–Trinajstić information content (AvgIpc) is 2.02. The minimum Gasteiger partial charge on any atom is -0.508 e. The van der Waals surface area contributed by atoms with Gasteiger partial charge in [0.15, 0.2) is 0 Å². The standard InChI is InChI=1S/C8H8N4O/c9-7-5-2-1-4(13)3-6(5)11-8(10)12-7/h1-3,13H,(H4,9,10,11,12). The summed E-state index contributed by atoms with van der Waals surface area (Å²) in [7, 11) is 0. The number of rotatable bonds is 0. The first kappa shape index (κ1) is 7.60. The normalized spacial score (nSPS) is 10.5. The molecule has 2 aromatic rings. The predicted octanol–water partition coefficient (Wildman–Crippen LogP) is 0.500. The first-order valence-corrected chi connectivity index (χ1v) is 3.68. The van der Waals surface area contributed by atoms with Crippen molar-refractivity contribution in [2.24, 2.45) is 0 Å². The molecule has 0 aliphatic rings. The molecule has 5 nitrogen and oxygen atoms in total. The van der Waals surface area contributed by atoms with Gasteiger partial charge in [-0.3, -0.25) is 0 Å². The zero-order valence-corrected chi connectivity index (χ0v) is 6.73. The summed E-state index contributed by atoms with van der Waals surface area (Å²) in [5.74, 6) is 0.558. The van der Waals surface area contributed by atoms with Crippen LogP contribution in [0.15, 0.2) is 18.2 Å². The summed E-state index contributed by atoms with van der Waals surface area (Å²) in [6, 6.07) is 4.67. The van der Waals surface area contributed by atoms with Gasteiger partial charge in [-0.2, -0.15) is 4.98 Å². The molecule has 66 valence electrons. The van der Waals surface area contributed by atoms with Gasteiger partial charge in [-0.25, -0.2) is 4.98 Å². The summed E-state index contributed by atoms with van der Waals surface area (Å²) in [5.41, 5.74) is 11.5. The van der Waals surface area contributed by atoms with E-state index in [4.69, 9.17) is 16.6 Å². The van der Waals surface area contributed by atoms with Crippen LogP contribution in [-0.4, -0.2) is 15.1 Å². The maximum Gasteiger partial charge on any atom is 0.222 e. The van der Waals surface area contributed by atoms with Gasteiger partial charge in [0.1, 0.15) is 11.6 Å². The number of benzene rings is 1. The molecule has 0 amide bonds. The zero-order valence-electron chi connectivity index (χ0n) is 6.73. The number of phenolic OH excluding ortho intramolecular Hbond substituents is 1. The molecule has 1 aromatic heterocycles. The van der Waals surface area contributed by atoms with Crippen molar-refractivity contribution in [2.45, 2.75) is 0 Å². The van der Waals surface area contributed by atoms with E-state index in [1.165, 1.54) is 12.1 Å². The summed E-state index contributed by atoms with van der Waals surface area (Å²) in [6.07, 6.45) is 0. The van der Waals surface area contributed by atoms with Crippen molar-refractivity contribution in [1.29, 1.82) is 0 Å². The van der Waals surface area contributed by atoms with Gasteiger partial charge < -0.3 is 16.6 Å². The molecule has 0 aliphatic heterocycles. The van der Waals surface area contributed by atoms with E-state index in [0.29, 0.717) is 16.7 Å². The summed E-state index contributed by atoms with van der Waals surface area (Å²) in [6.45, 7) is 0. The molecule has 5 heteroatoms. The van der Waals surface area contributed by atoms with Gasteiger partial charge in [-0.1, -0.05) is 0 Å². The van der Waals surface area contributed by atoms with Crippen molar-refractivity contribution in [3.8, 4) is 5.75 Å². The minimum absolute atomic E-state index is 0.107. The van der Waals surface area contributed by atoms with E-state index in [1.807, 2.05) is 0 Å². The molecule has 13 heavy (non-hydrogen) atoms. The summed E-state index contributed by atoms with van der Waals surface area (Å²) >= 11 is 0. The van der Waals surface area contributed by atoms with E-state index in [-0.39, 0.29) is 11.7 Å². The number of anilines is 2. The molecule has 1 aromatic carbocycles. The molecule has 0 atom stereocenters. The molecular formula is C8H8N4O. The molecule has 0 saturated carbocycles. The molecule has 1 heterocycles. The van der Waals surface area contributed by atoms with Gasteiger partial charge in [0, 0.05) is 11.5 Å². The molecule has 0 saturated heterocycles. The summed E-state index contributed by atoms with van der Waals surface area (Å²) in [5, 5.41) is 9.86. The number of hydrogen-bond donors (Lipinski definition) is 3. The van der Waals surface area contributed by atoms with E-state index in [0.717, 1.165) is 0 Å². The van der Waals surface area contributed by atoms with Crippen LogP contribution in [0.1, 0.15) is 0 Å². The van der Waals surface area contributed by atoms with E-state index < -0.39 is 0 Å². The Morgan fingerprint density at radius 2 is 1.92 bits per heavy atom. The Bertz CT molecular complexity index is 464. The van der Waals surface area contributed by atoms with Gasteiger partial charge in [-0.15, -0.1) is 0 Å². The van der Waals surface area contributed by atoms with Crippen molar-refractivity contribution in [2.75, 3.05) is 11.5 Å². The van der Waals surface area contributed by atoms with Crippen molar-refractivity contribution >= 4 is 22.7 Å². The van der Waals surface area contributed by atoms with Crippen molar-refractivity contribution in [3.05, 3.63) is 18.2 Å². The smallest absolute Gasteiger partial charge is 0.222 e. The monoisotopic (exact) mass is 176 g/mol. The van der Waals surface area contributed by atoms with Gasteiger partial charge >= 0.3 is 0 Å². The Hall–Kier alpha value is -2.04. The molecule has 0 fully saturated rings. The van der Waals surface area contributed by atoms with Gasteiger partial charge in [-0.05, 0) is 12.1 Å². The largest absolute Gasteiger partial charge is 0.508 e. The molecular weight excluding hydrogens is 168 g/mol. The minimum atomic E-state index is 0.107. The van der Waals surface area contributed by atoms with E-state index >= 15 is 0 Å². The number of nitrogens with two attached hydrogens (primary N) is 2. The lowest BCUT2D eigenvalue weighted by molar-refractivity contribution is 0.476. The van der Waals surface area contributed by atoms with Gasteiger partial charge in [0.05, 0.1) is 5.52 Å². The van der Waals surface area contributed by atoms with Crippen LogP contribution in [0, 0.1) is 0 Å². The van der Waals surface area contributed by atoms with Crippen LogP contribution in [0.2, 0.25) is 0 Å². The molecule has 0 unspecified atom stereocenters. The second-order valence-corrected chi connectivity index (χ2v) is 2.67. The lowest BCUT2D eigenvalue weighted by Gasteiger charge is -2.01. The average molecular weight is 176 g/mol. The quantitative estimate of drug-likeness (QED) is 0.543. The number of nitrogens with zero attached hydrogens (tertiary/aromatic N) is 2. The SMILES string of the molecule is Nc1nc(N)c2ccc(O)cc2n1. The predicted molar refractivity (Wildman–Crippen MR) is 50.0 cm³/mol. The lowest BCUT2D eigenvalue weighted by atomic mass is 10.2. The Balaban J connectivity index is 2.86. The van der Waals surface area contributed by atoms with E-state index in [1.54, 1.807) is 6.07 Å². The van der Waals surface area contributed by atoms with Crippen LogP contribution in [0.4, 0.5) is 11.8 Å². The Kier molecular flexibility index (Phi) is 1.45. The van der Waals surface area contributed by atoms with Crippen LogP contribution >= 0.6 is 0 Å². The fourth-order valence-corrected chi connectivity index (χ4v) is 1.16. The van der Waals surface area contributed by atoms with Crippen LogP contribution in [0.25, 0.3) is 10.9 Å². The molecule has 0 spiro atoms. The Morgan fingerprint density at radius 1 is 1.15 bits per heavy atom. The third-order valence-electron chi connectivity index (χ3n) is 1.73. The van der Waals surface area contributed by atoms with Crippen LogP contribution < -0.4 is 11.5 Å². The van der Waals surface area contributed by atoms with E-state index in [2.05, 4.69) is 9.97 Å². The first-order chi connectivity index (χ1) is 6.16. The van der Waals surface area contributed by atoms with Crippen molar-refractivity contribution in [1.82, 2.24) is 9.97 Å². The van der Waals surface area contributed by atoms with Crippen molar-refractivity contribution in [3.63, 3.8) is 0 Å². The third kappa shape index (κ3) is 1.20. The van der Waals surface area contributed by atoms with Crippen LogP contribution in [0.3, 0.4) is 0 Å². The zero-order chi connectivity index (χ0) is 9.42. The second kappa shape index (κ2) is 2.48. The Morgan fingerprint density at radius 3 is 2.69 bits per heavy atom. The number of hydrogen-bond acceptors (Lipinski definition) is 5. The van der Waals surface area contributed by atoms with Crippen molar-refractivity contribution < 1.29 is 5.11 Å². The molecule has 0 aliphatic carbocycles. The van der Waals surface area contributed by atoms with Gasteiger partial charge in [0.2, 0.25) is 5.95 Å². The fraction of sp³-hybridized carbons (Fsp3) is 0. The summed E-state index contributed by atoms with van der Waals surface area (Å²) < 4.78 is 0. The number of fused-ring (bicyclic) bond motifs is 1. The lowest BCUT2D eigenvalue weighted by Crippen LogP contribution is -1.99.